The summed E-state index contributed by atoms with van der Waals surface area (Å²) in [5, 5.41) is 0. The number of pyridine rings is 1. The van der Waals surface area contributed by atoms with E-state index in [4.69, 9.17) is 0 Å². The molecule has 3 aromatic rings. The van der Waals surface area contributed by atoms with E-state index in [0.717, 1.165) is 12.1 Å². The second kappa shape index (κ2) is 4.81. The van der Waals surface area contributed by atoms with Gasteiger partial charge in [0.1, 0.15) is 0 Å². The van der Waals surface area contributed by atoms with Crippen molar-refractivity contribution in [2.45, 2.75) is 27.2 Å². The molecule has 1 nitrogen and oxygen atoms in total. The van der Waals surface area contributed by atoms with Crippen molar-refractivity contribution in [3.63, 3.8) is 0 Å². The molecule has 0 saturated heterocycles. The van der Waals surface area contributed by atoms with Crippen molar-refractivity contribution in [1.29, 1.82) is 0 Å². The van der Waals surface area contributed by atoms with Crippen LogP contribution in [0.5, 0.6) is 0 Å². The Morgan fingerprint density at radius 3 is 2.50 bits per heavy atom. The highest BCUT2D eigenvalue weighted by molar-refractivity contribution is 5.79. The summed E-state index contributed by atoms with van der Waals surface area (Å²) in [6.07, 6.45) is 2.96. The zero-order valence-electron chi connectivity index (χ0n) is 13.3. The molecule has 1 aliphatic rings. The molecule has 0 unspecified atom stereocenters. The van der Waals surface area contributed by atoms with Gasteiger partial charge < -0.3 is 0 Å². The molecule has 0 N–H and O–H groups in total. The molecule has 0 aliphatic heterocycles. The zero-order chi connectivity index (χ0) is 15.3. The Bertz CT molecular complexity index is 890. The molecular weight excluding hydrogens is 266 g/mol. The molecule has 0 spiro atoms. The molecule has 1 aromatic heterocycles. The predicted octanol–water partition coefficient (Wildman–Crippen LogP) is 5.25. The van der Waals surface area contributed by atoms with Crippen molar-refractivity contribution in [3.05, 3.63) is 76.5 Å². The maximum atomic E-state index is 4.63. The maximum Gasteiger partial charge on any atom is 0.0740 e. The average molecular weight is 285 g/mol. The monoisotopic (exact) mass is 285 g/mol. The lowest BCUT2D eigenvalue weighted by molar-refractivity contribution is 1.20. The van der Waals surface area contributed by atoms with Gasteiger partial charge in [-0.15, -0.1) is 0 Å². The minimum absolute atomic E-state index is 0.998. The van der Waals surface area contributed by atoms with E-state index in [9.17, 15) is 0 Å². The molecule has 22 heavy (non-hydrogen) atoms. The first-order valence-corrected chi connectivity index (χ1v) is 7.78. The summed E-state index contributed by atoms with van der Waals surface area (Å²) in [6, 6.07) is 15.7. The zero-order valence-corrected chi connectivity index (χ0v) is 13.3. The van der Waals surface area contributed by atoms with Crippen molar-refractivity contribution in [2.24, 2.45) is 0 Å². The van der Waals surface area contributed by atoms with E-state index in [1.807, 2.05) is 6.20 Å². The minimum Gasteiger partial charge on any atom is -0.256 e. The highest BCUT2D eigenvalue weighted by atomic mass is 14.7. The summed E-state index contributed by atoms with van der Waals surface area (Å²) in [5.41, 5.74) is 11.7. The number of aryl methyl sites for hydroxylation is 3. The smallest absolute Gasteiger partial charge is 0.0740 e. The second-order valence-corrected chi connectivity index (χ2v) is 6.39. The summed E-state index contributed by atoms with van der Waals surface area (Å²) in [6.45, 7) is 6.44. The molecule has 0 atom stereocenters. The van der Waals surface area contributed by atoms with E-state index in [0.29, 0.717) is 0 Å². The molecule has 0 radical (unpaired) electrons. The molecule has 2 aromatic carbocycles. The minimum atomic E-state index is 0.998. The van der Waals surface area contributed by atoms with Crippen molar-refractivity contribution in [3.8, 4) is 22.4 Å². The Morgan fingerprint density at radius 2 is 1.64 bits per heavy atom. The Hall–Kier alpha value is -2.41. The molecular formula is C21H19N. The predicted molar refractivity (Wildman–Crippen MR) is 92.1 cm³/mol. The highest BCUT2D eigenvalue weighted by Gasteiger charge is 2.20. The third kappa shape index (κ3) is 2.05. The SMILES string of the molecule is Cc1cnc2c(c1)Cc1cc(-c3cc(C)ccc3C)ccc1-2. The van der Waals surface area contributed by atoms with E-state index < -0.39 is 0 Å². The fraction of sp³-hybridized carbons (Fsp3) is 0.190. The number of fused-ring (bicyclic) bond motifs is 3. The van der Waals surface area contributed by atoms with Crippen LogP contribution in [0, 0.1) is 20.8 Å². The van der Waals surface area contributed by atoms with Crippen LogP contribution in [0.1, 0.15) is 27.8 Å². The Labute approximate surface area is 131 Å². The molecule has 0 saturated carbocycles. The van der Waals surface area contributed by atoms with E-state index in [-0.39, 0.29) is 0 Å². The van der Waals surface area contributed by atoms with E-state index in [1.165, 1.54) is 44.5 Å². The molecule has 4 rings (SSSR count). The standard InChI is InChI=1S/C21H19N/c1-13-4-5-15(3)20(9-13)16-6-7-19-17(10-16)11-18-8-14(2)12-22-21(18)19/h4-10,12H,11H2,1-3H3. The van der Waals surface area contributed by atoms with Gasteiger partial charge in [0.2, 0.25) is 0 Å². The molecule has 1 heteroatoms. The highest BCUT2D eigenvalue weighted by Crippen LogP contribution is 2.38. The van der Waals surface area contributed by atoms with Crippen molar-refractivity contribution in [2.75, 3.05) is 0 Å². The van der Waals surface area contributed by atoms with Crippen LogP contribution in [-0.2, 0) is 6.42 Å². The molecule has 0 fully saturated rings. The van der Waals surface area contributed by atoms with E-state index in [1.54, 1.807) is 0 Å². The second-order valence-electron chi connectivity index (χ2n) is 6.39. The third-order valence-corrected chi connectivity index (χ3v) is 4.55. The van der Waals surface area contributed by atoms with Crippen LogP contribution in [-0.4, -0.2) is 4.98 Å². The van der Waals surface area contributed by atoms with Gasteiger partial charge in [0.15, 0.2) is 0 Å². The van der Waals surface area contributed by atoms with Crippen LogP contribution >= 0.6 is 0 Å². The summed E-state index contributed by atoms with van der Waals surface area (Å²) >= 11 is 0. The first-order valence-electron chi connectivity index (χ1n) is 7.78. The van der Waals surface area contributed by atoms with Crippen molar-refractivity contribution in [1.82, 2.24) is 4.98 Å². The number of aromatic nitrogens is 1. The number of hydrogen-bond acceptors (Lipinski definition) is 1. The summed E-state index contributed by atoms with van der Waals surface area (Å²) in [4.78, 5) is 4.63. The summed E-state index contributed by atoms with van der Waals surface area (Å²) in [5.74, 6) is 0. The number of hydrogen-bond donors (Lipinski definition) is 0. The first kappa shape index (κ1) is 13.3. The first-order chi connectivity index (χ1) is 10.6. The van der Waals surface area contributed by atoms with Crippen LogP contribution < -0.4 is 0 Å². The van der Waals surface area contributed by atoms with Crippen LogP contribution in [0.3, 0.4) is 0 Å². The van der Waals surface area contributed by atoms with Crippen LogP contribution in [0.15, 0.2) is 48.7 Å². The quantitative estimate of drug-likeness (QED) is 0.466. The van der Waals surface area contributed by atoms with Crippen LogP contribution in [0.4, 0.5) is 0 Å². The normalized spacial score (nSPS) is 12.1. The fourth-order valence-corrected chi connectivity index (χ4v) is 3.40. The lowest BCUT2D eigenvalue weighted by atomic mass is 9.95. The van der Waals surface area contributed by atoms with Gasteiger partial charge in [-0.25, -0.2) is 0 Å². The molecule has 108 valence electrons. The largest absolute Gasteiger partial charge is 0.256 e. The van der Waals surface area contributed by atoms with Gasteiger partial charge in [0.05, 0.1) is 5.69 Å². The number of rotatable bonds is 1. The van der Waals surface area contributed by atoms with Crippen LogP contribution in [0.25, 0.3) is 22.4 Å². The van der Waals surface area contributed by atoms with E-state index in [2.05, 4.69) is 68.2 Å². The fourth-order valence-electron chi connectivity index (χ4n) is 3.40. The van der Waals surface area contributed by atoms with Gasteiger partial charge in [-0.05, 0) is 54.2 Å². The van der Waals surface area contributed by atoms with E-state index >= 15 is 0 Å². The Morgan fingerprint density at radius 1 is 0.773 bits per heavy atom. The molecule has 1 heterocycles. The summed E-state index contributed by atoms with van der Waals surface area (Å²) < 4.78 is 0. The van der Waals surface area contributed by atoms with Crippen LogP contribution in [0.2, 0.25) is 0 Å². The molecule has 0 bridgehead atoms. The average Bonchev–Trinajstić information content (AvgIpc) is 2.86. The summed E-state index contributed by atoms with van der Waals surface area (Å²) in [7, 11) is 0. The van der Waals surface area contributed by atoms with Gasteiger partial charge in [-0.3, -0.25) is 4.98 Å². The van der Waals surface area contributed by atoms with Crippen molar-refractivity contribution >= 4 is 0 Å². The van der Waals surface area contributed by atoms with Crippen molar-refractivity contribution < 1.29 is 0 Å². The Balaban J connectivity index is 1.83. The maximum absolute atomic E-state index is 4.63. The van der Waals surface area contributed by atoms with Gasteiger partial charge in [-0.2, -0.15) is 0 Å². The van der Waals surface area contributed by atoms with Gasteiger partial charge in [0.25, 0.3) is 0 Å². The lowest BCUT2D eigenvalue weighted by Crippen LogP contribution is -1.87. The number of benzene rings is 2. The molecule has 1 aliphatic carbocycles. The van der Waals surface area contributed by atoms with Gasteiger partial charge in [0, 0.05) is 18.2 Å². The third-order valence-electron chi connectivity index (χ3n) is 4.55. The Kier molecular flexibility index (Phi) is 2.90. The topological polar surface area (TPSA) is 12.9 Å². The molecule has 0 amide bonds. The van der Waals surface area contributed by atoms with Gasteiger partial charge >= 0.3 is 0 Å². The number of nitrogens with zero attached hydrogens (tertiary/aromatic N) is 1. The van der Waals surface area contributed by atoms with Gasteiger partial charge in [-0.1, -0.05) is 48.0 Å². The lowest BCUT2D eigenvalue weighted by Gasteiger charge is -2.09.